The van der Waals surface area contributed by atoms with Gasteiger partial charge in [-0.05, 0) is 32.6 Å². The summed E-state index contributed by atoms with van der Waals surface area (Å²) in [5.41, 5.74) is 0.527. The van der Waals surface area contributed by atoms with Gasteiger partial charge in [-0.15, -0.1) is 0 Å². The summed E-state index contributed by atoms with van der Waals surface area (Å²) in [6.45, 7) is 9.06. The molecular weight excluding hydrogens is 202 g/mol. The van der Waals surface area contributed by atoms with Crippen molar-refractivity contribution in [2.75, 3.05) is 0 Å². The van der Waals surface area contributed by atoms with Crippen molar-refractivity contribution < 1.29 is 9.59 Å². The highest BCUT2D eigenvalue weighted by Gasteiger charge is 2.36. The monoisotopic (exact) mass is 223 g/mol. The summed E-state index contributed by atoms with van der Waals surface area (Å²) < 4.78 is 0. The number of amides is 1. The number of carbonyl (C=O) groups is 2. The highest BCUT2D eigenvalue weighted by atomic mass is 16.1. The van der Waals surface area contributed by atoms with Crippen molar-refractivity contribution in [2.24, 2.45) is 11.8 Å². The summed E-state index contributed by atoms with van der Waals surface area (Å²) in [6.07, 6.45) is 2.70. The lowest BCUT2D eigenvalue weighted by molar-refractivity contribution is -0.122. The molecule has 0 aromatic rings. The zero-order chi connectivity index (χ0) is 12.3. The smallest absolute Gasteiger partial charge is 0.246 e. The van der Waals surface area contributed by atoms with E-state index in [1.165, 1.54) is 0 Å². The number of hydrogen-bond acceptors (Lipinski definition) is 2. The van der Waals surface area contributed by atoms with E-state index in [1.807, 2.05) is 0 Å². The Balaban J connectivity index is 2.58. The molecule has 3 heteroatoms. The van der Waals surface area contributed by atoms with Crippen LogP contribution in [0.15, 0.2) is 12.2 Å². The topological polar surface area (TPSA) is 46.2 Å². The molecule has 1 fully saturated rings. The second-order valence-electron chi connectivity index (χ2n) is 4.81. The SMILES string of the molecule is C=C(C)C(=O)NC1CC(CC)C(C(C)=O)C1. The Hall–Kier alpha value is -1.12. The minimum atomic E-state index is -0.0935. The van der Waals surface area contributed by atoms with E-state index in [0.29, 0.717) is 11.5 Å². The van der Waals surface area contributed by atoms with Crippen LogP contribution in [0, 0.1) is 11.8 Å². The lowest BCUT2D eigenvalue weighted by Crippen LogP contribution is -2.33. The van der Waals surface area contributed by atoms with Crippen molar-refractivity contribution >= 4 is 11.7 Å². The van der Waals surface area contributed by atoms with Crippen LogP contribution in [0.5, 0.6) is 0 Å². The van der Waals surface area contributed by atoms with Gasteiger partial charge >= 0.3 is 0 Å². The van der Waals surface area contributed by atoms with Crippen molar-refractivity contribution in [1.82, 2.24) is 5.32 Å². The third kappa shape index (κ3) is 2.94. The molecule has 0 radical (unpaired) electrons. The van der Waals surface area contributed by atoms with Gasteiger partial charge in [-0.1, -0.05) is 19.9 Å². The fraction of sp³-hybridized carbons (Fsp3) is 0.692. The molecule has 1 N–H and O–H groups in total. The van der Waals surface area contributed by atoms with E-state index in [1.54, 1.807) is 13.8 Å². The van der Waals surface area contributed by atoms with Gasteiger partial charge < -0.3 is 5.32 Å². The zero-order valence-corrected chi connectivity index (χ0v) is 10.4. The van der Waals surface area contributed by atoms with E-state index in [9.17, 15) is 9.59 Å². The van der Waals surface area contributed by atoms with Gasteiger partial charge in [-0.3, -0.25) is 9.59 Å². The largest absolute Gasteiger partial charge is 0.350 e. The Morgan fingerprint density at radius 1 is 1.31 bits per heavy atom. The van der Waals surface area contributed by atoms with E-state index in [2.05, 4.69) is 18.8 Å². The maximum Gasteiger partial charge on any atom is 0.246 e. The third-order valence-electron chi connectivity index (χ3n) is 3.46. The molecule has 1 aliphatic rings. The molecule has 0 aliphatic heterocycles. The highest BCUT2D eigenvalue weighted by Crippen LogP contribution is 2.34. The first-order valence-corrected chi connectivity index (χ1v) is 5.92. The van der Waals surface area contributed by atoms with Gasteiger partial charge in [0.2, 0.25) is 5.91 Å². The molecule has 0 aromatic heterocycles. The predicted octanol–water partition coefficient (Wildman–Crippen LogP) is 2.07. The number of nitrogens with one attached hydrogen (secondary N) is 1. The maximum atomic E-state index is 11.5. The second-order valence-corrected chi connectivity index (χ2v) is 4.81. The Labute approximate surface area is 97.3 Å². The molecular formula is C13H21NO2. The normalized spacial score (nSPS) is 28.8. The zero-order valence-electron chi connectivity index (χ0n) is 10.4. The predicted molar refractivity (Wildman–Crippen MR) is 63.9 cm³/mol. The molecule has 16 heavy (non-hydrogen) atoms. The number of Topliss-reactive ketones (excluding diaryl/α,β-unsaturated/α-hetero) is 1. The first-order chi connectivity index (χ1) is 7.45. The molecule has 3 unspecified atom stereocenters. The number of rotatable bonds is 4. The quantitative estimate of drug-likeness (QED) is 0.742. The van der Waals surface area contributed by atoms with Gasteiger partial charge in [-0.2, -0.15) is 0 Å². The lowest BCUT2D eigenvalue weighted by Gasteiger charge is -2.12. The van der Waals surface area contributed by atoms with Crippen LogP contribution in [0.25, 0.3) is 0 Å². The number of ketones is 1. The molecule has 0 heterocycles. The molecule has 0 saturated heterocycles. The van der Waals surface area contributed by atoms with Gasteiger partial charge in [0.25, 0.3) is 0 Å². The van der Waals surface area contributed by atoms with Crippen LogP contribution in [-0.2, 0) is 9.59 Å². The van der Waals surface area contributed by atoms with E-state index in [4.69, 9.17) is 0 Å². The molecule has 1 aliphatic carbocycles. The number of hydrogen-bond donors (Lipinski definition) is 1. The standard InChI is InChI=1S/C13H21NO2/c1-5-10-6-11(7-12(10)9(4)15)14-13(16)8(2)3/h10-12H,2,5-7H2,1,3-4H3,(H,14,16). The Morgan fingerprint density at radius 2 is 1.94 bits per heavy atom. The fourth-order valence-electron chi connectivity index (χ4n) is 2.50. The molecule has 3 nitrogen and oxygen atoms in total. The van der Waals surface area contributed by atoms with Crippen LogP contribution in [-0.4, -0.2) is 17.7 Å². The minimum Gasteiger partial charge on any atom is -0.350 e. The summed E-state index contributed by atoms with van der Waals surface area (Å²) >= 11 is 0. The maximum absolute atomic E-state index is 11.5. The number of carbonyl (C=O) groups excluding carboxylic acids is 2. The van der Waals surface area contributed by atoms with E-state index >= 15 is 0 Å². The molecule has 1 rings (SSSR count). The van der Waals surface area contributed by atoms with Crippen LogP contribution < -0.4 is 5.32 Å². The highest BCUT2D eigenvalue weighted by molar-refractivity contribution is 5.92. The summed E-state index contributed by atoms with van der Waals surface area (Å²) in [4.78, 5) is 22.9. The molecule has 90 valence electrons. The summed E-state index contributed by atoms with van der Waals surface area (Å²) in [7, 11) is 0. The molecule has 1 amide bonds. The van der Waals surface area contributed by atoms with Crippen LogP contribution in [0.3, 0.4) is 0 Å². The first-order valence-electron chi connectivity index (χ1n) is 5.92. The molecule has 0 spiro atoms. The Kier molecular flexibility index (Phi) is 4.27. The van der Waals surface area contributed by atoms with Crippen LogP contribution in [0.2, 0.25) is 0 Å². The van der Waals surface area contributed by atoms with E-state index in [0.717, 1.165) is 19.3 Å². The molecule has 3 atom stereocenters. The Morgan fingerprint density at radius 3 is 2.31 bits per heavy atom. The van der Waals surface area contributed by atoms with Crippen molar-refractivity contribution in [3.8, 4) is 0 Å². The second kappa shape index (κ2) is 5.28. The van der Waals surface area contributed by atoms with Crippen molar-refractivity contribution in [1.29, 1.82) is 0 Å². The average molecular weight is 223 g/mol. The Bertz CT molecular complexity index is 309. The first kappa shape index (κ1) is 12.9. The van der Waals surface area contributed by atoms with E-state index < -0.39 is 0 Å². The van der Waals surface area contributed by atoms with E-state index in [-0.39, 0.29) is 23.7 Å². The summed E-state index contributed by atoms with van der Waals surface area (Å²) in [5.74, 6) is 0.705. The molecule has 0 aromatic carbocycles. The van der Waals surface area contributed by atoms with Gasteiger partial charge in [0.1, 0.15) is 5.78 Å². The summed E-state index contributed by atoms with van der Waals surface area (Å²) in [5, 5.41) is 2.94. The van der Waals surface area contributed by atoms with Gasteiger partial charge in [-0.25, -0.2) is 0 Å². The van der Waals surface area contributed by atoms with Gasteiger partial charge in [0, 0.05) is 17.5 Å². The molecule has 1 saturated carbocycles. The summed E-state index contributed by atoms with van der Waals surface area (Å²) in [6, 6.07) is 0.142. The third-order valence-corrected chi connectivity index (χ3v) is 3.46. The van der Waals surface area contributed by atoms with Crippen LogP contribution >= 0.6 is 0 Å². The van der Waals surface area contributed by atoms with Crippen molar-refractivity contribution in [3.05, 3.63) is 12.2 Å². The lowest BCUT2D eigenvalue weighted by atomic mass is 9.91. The molecule has 0 bridgehead atoms. The van der Waals surface area contributed by atoms with Crippen LogP contribution in [0.4, 0.5) is 0 Å². The van der Waals surface area contributed by atoms with Crippen LogP contribution in [0.1, 0.15) is 40.0 Å². The van der Waals surface area contributed by atoms with Crippen molar-refractivity contribution in [2.45, 2.75) is 46.1 Å². The average Bonchev–Trinajstić information content (AvgIpc) is 2.60. The van der Waals surface area contributed by atoms with Gasteiger partial charge in [0.15, 0.2) is 0 Å². The van der Waals surface area contributed by atoms with Gasteiger partial charge in [0.05, 0.1) is 0 Å². The fourth-order valence-corrected chi connectivity index (χ4v) is 2.50. The minimum absolute atomic E-state index is 0.0935. The van der Waals surface area contributed by atoms with Crippen molar-refractivity contribution in [3.63, 3.8) is 0 Å².